The van der Waals surface area contributed by atoms with Crippen LogP contribution in [0.2, 0.25) is 0 Å². The quantitative estimate of drug-likeness (QED) is 0.742. The van der Waals surface area contributed by atoms with Gasteiger partial charge in [-0.05, 0) is 30.7 Å². The standard InChI is InChI=1S/C14H16N2O2/c1-10-7-12-8-11(4-5-13(12)18-10)3-2-6-16-14(17)9-15/h4-5,8,10H,6-7,9,15H2,1H3,(H,16,17). The van der Waals surface area contributed by atoms with Crippen LogP contribution in [-0.4, -0.2) is 25.1 Å². The molecule has 0 aromatic heterocycles. The number of ether oxygens (including phenoxy) is 1. The van der Waals surface area contributed by atoms with E-state index in [-0.39, 0.29) is 18.6 Å². The predicted molar refractivity (Wildman–Crippen MR) is 69.2 cm³/mol. The second kappa shape index (κ2) is 5.56. The minimum absolute atomic E-state index is 0.00421. The van der Waals surface area contributed by atoms with Gasteiger partial charge in [-0.25, -0.2) is 0 Å². The number of benzene rings is 1. The van der Waals surface area contributed by atoms with Crippen molar-refractivity contribution >= 4 is 5.91 Å². The molecule has 3 N–H and O–H groups in total. The summed E-state index contributed by atoms with van der Waals surface area (Å²) in [5, 5.41) is 2.60. The Morgan fingerprint density at radius 3 is 3.22 bits per heavy atom. The third kappa shape index (κ3) is 3.02. The zero-order chi connectivity index (χ0) is 13.0. The highest BCUT2D eigenvalue weighted by Crippen LogP contribution is 2.28. The molecule has 0 saturated carbocycles. The van der Waals surface area contributed by atoms with Crippen LogP contribution < -0.4 is 15.8 Å². The molecule has 4 nitrogen and oxygen atoms in total. The van der Waals surface area contributed by atoms with Crippen molar-refractivity contribution < 1.29 is 9.53 Å². The van der Waals surface area contributed by atoms with Crippen LogP contribution in [0.3, 0.4) is 0 Å². The van der Waals surface area contributed by atoms with Crippen molar-refractivity contribution in [3.05, 3.63) is 29.3 Å². The first-order valence-corrected chi connectivity index (χ1v) is 5.94. The van der Waals surface area contributed by atoms with Gasteiger partial charge in [-0.2, -0.15) is 0 Å². The summed E-state index contributed by atoms with van der Waals surface area (Å²) >= 11 is 0. The molecule has 0 radical (unpaired) electrons. The maximum atomic E-state index is 10.9. The minimum Gasteiger partial charge on any atom is -0.490 e. The Hall–Kier alpha value is -1.99. The van der Waals surface area contributed by atoms with Crippen molar-refractivity contribution in [1.29, 1.82) is 0 Å². The Morgan fingerprint density at radius 1 is 1.61 bits per heavy atom. The van der Waals surface area contributed by atoms with Crippen LogP contribution in [0.5, 0.6) is 5.75 Å². The van der Waals surface area contributed by atoms with Crippen molar-refractivity contribution in [2.45, 2.75) is 19.4 Å². The van der Waals surface area contributed by atoms with Gasteiger partial charge in [-0.1, -0.05) is 11.8 Å². The monoisotopic (exact) mass is 244 g/mol. The van der Waals surface area contributed by atoms with E-state index in [1.54, 1.807) is 0 Å². The van der Waals surface area contributed by atoms with Gasteiger partial charge in [-0.3, -0.25) is 4.79 Å². The summed E-state index contributed by atoms with van der Waals surface area (Å²) in [7, 11) is 0. The summed E-state index contributed by atoms with van der Waals surface area (Å²) in [6.07, 6.45) is 1.17. The summed E-state index contributed by atoms with van der Waals surface area (Å²) < 4.78 is 5.61. The van der Waals surface area contributed by atoms with Gasteiger partial charge in [0, 0.05) is 12.0 Å². The van der Waals surface area contributed by atoms with Gasteiger partial charge in [0.1, 0.15) is 11.9 Å². The highest BCUT2D eigenvalue weighted by atomic mass is 16.5. The zero-order valence-corrected chi connectivity index (χ0v) is 10.3. The van der Waals surface area contributed by atoms with Gasteiger partial charge in [0.2, 0.25) is 5.91 Å². The second-order valence-corrected chi connectivity index (χ2v) is 4.24. The smallest absolute Gasteiger partial charge is 0.234 e. The van der Waals surface area contributed by atoms with Crippen LogP contribution >= 0.6 is 0 Å². The van der Waals surface area contributed by atoms with Crippen molar-refractivity contribution in [1.82, 2.24) is 5.32 Å². The SMILES string of the molecule is CC1Cc2cc(C#CCNC(=O)CN)ccc2O1. The number of carbonyl (C=O) groups excluding carboxylic acids is 1. The van der Waals surface area contributed by atoms with Crippen LogP contribution in [0.4, 0.5) is 0 Å². The van der Waals surface area contributed by atoms with Crippen LogP contribution in [0.25, 0.3) is 0 Å². The first-order valence-electron chi connectivity index (χ1n) is 5.94. The molecule has 0 spiro atoms. The molecule has 1 aromatic rings. The predicted octanol–water partition coefficient (Wildman–Crippen LogP) is 0.436. The molecular weight excluding hydrogens is 228 g/mol. The molecule has 4 heteroatoms. The van der Waals surface area contributed by atoms with Crippen LogP contribution in [-0.2, 0) is 11.2 Å². The summed E-state index contributed by atoms with van der Waals surface area (Å²) in [6, 6.07) is 5.91. The van der Waals surface area contributed by atoms with Crippen LogP contribution in [0.15, 0.2) is 18.2 Å². The summed E-state index contributed by atoms with van der Waals surface area (Å²) in [5.41, 5.74) is 7.30. The van der Waals surface area contributed by atoms with Gasteiger partial charge >= 0.3 is 0 Å². The Kier molecular flexibility index (Phi) is 3.85. The Balaban J connectivity index is 1.97. The van der Waals surface area contributed by atoms with Gasteiger partial charge in [0.25, 0.3) is 0 Å². The fourth-order valence-corrected chi connectivity index (χ4v) is 1.86. The molecule has 94 valence electrons. The highest BCUT2D eigenvalue weighted by molar-refractivity contribution is 5.77. The summed E-state index contributed by atoms with van der Waals surface area (Å²) in [4.78, 5) is 10.9. The molecule has 1 aliphatic rings. The molecule has 1 unspecified atom stereocenters. The fourth-order valence-electron chi connectivity index (χ4n) is 1.86. The molecule has 0 bridgehead atoms. The lowest BCUT2D eigenvalue weighted by molar-refractivity contribution is -0.119. The maximum Gasteiger partial charge on any atom is 0.234 e. The molecule has 0 saturated heterocycles. The summed E-state index contributed by atoms with van der Waals surface area (Å²) in [5.74, 6) is 6.65. The van der Waals surface area contributed by atoms with Crippen molar-refractivity contribution in [3.8, 4) is 17.6 Å². The number of fused-ring (bicyclic) bond motifs is 1. The van der Waals surface area contributed by atoms with Crippen molar-refractivity contribution in [2.75, 3.05) is 13.1 Å². The fraction of sp³-hybridized carbons (Fsp3) is 0.357. The molecular formula is C14H16N2O2. The summed E-state index contributed by atoms with van der Waals surface area (Å²) in [6.45, 7) is 2.36. The van der Waals surface area contributed by atoms with Gasteiger partial charge in [0.05, 0.1) is 13.1 Å². The Labute approximate surface area is 107 Å². The highest BCUT2D eigenvalue weighted by Gasteiger charge is 2.18. The first kappa shape index (κ1) is 12.5. The Morgan fingerprint density at radius 2 is 2.44 bits per heavy atom. The van der Waals surface area contributed by atoms with E-state index in [0.29, 0.717) is 6.54 Å². The van der Waals surface area contributed by atoms with E-state index >= 15 is 0 Å². The van der Waals surface area contributed by atoms with Gasteiger partial charge < -0.3 is 15.8 Å². The van der Waals surface area contributed by atoms with Crippen molar-refractivity contribution in [2.24, 2.45) is 5.73 Å². The second-order valence-electron chi connectivity index (χ2n) is 4.24. The number of nitrogens with two attached hydrogens (primary N) is 1. The molecule has 1 amide bonds. The van der Waals surface area contributed by atoms with E-state index in [2.05, 4.69) is 17.2 Å². The molecule has 1 atom stereocenters. The van der Waals surface area contributed by atoms with Crippen LogP contribution in [0, 0.1) is 11.8 Å². The molecule has 18 heavy (non-hydrogen) atoms. The molecule has 0 aliphatic carbocycles. The molecule has 1 heterocycles. The van der Waals surface area contributed by atoms with E-state index in [1.165, 1.54) is 5.56 Å². The van der Waals surface area contributed by atoms with Gasteiger partial charge in [0.15, 0.2) is 0 Å². The average molecular weight is 244 g/mol. The molecule has 1 aromatic carbocycles. The number of nitrogens with one attached hydrogen (secondary N) is 1. The molecule has 1 aliphatic heterocycles. The van der Waals surface area contributed by atoms with E-state index in [4.69, 9.17) is 10.5 Å². The van der Waals surface area contributed by atoms with E-state index in [9.17, 15) is 4.79 Å². The number of hydrogen-bond acceptors (Lipinski definition) is 3. The number of amides is 1. The Bertz CT molecular complexity index is 514. The number of hydrogen-bond donors (Lipinski definition) is 2. The lowest BCUT2D eigenvalue weighted by atomic mass is 10.1. The van der Waals surface area contributed by atoms with E-state index < -0.39 is 0 Å². The third-order valence-electron chi connectivity index (χ3n) is 2.69. The normalized spacial score (nSPS) is 16.2. The lowest BCUT2D eigenvalue weighted by Gasteiger charge is -2.01. The molecule has 0 fully saturated rings. The van der Waals surface area contributed by atoms with Crippen molar-refractivity contribution in [3.63, 3.8) is 0 Å². The topological polar surface area (TPSA) is 64.4 Å². The zero-order valence-electron chi connectivity index (χ0n) is 10.3. The molecule has 2 rings (SSSR count). The average Bonchev–Trinajstić information content (AvgIpc) is 2.73. The van der Waals surface area contributed by atoms with E-state index in [0.717, 1.165) is 17.7 Å². The first-order chi connectivity index (χ1) is 8.69. The lowest BCUT2D eigenvalue weighted by Crippen LogP contribution is -2.30. The largest absolute Gasteiger partial charge is 0.490 e. The minimum atomic E-state index is -0.194. The third-order valence-corrected chi connectivity index (χ3v) is 2.69. The van der Waals surface area contributed by atoms with Crippen LogP contribution in [0.1, 0.15) is 18.1 Å². The number of rotatable bonds is 2. The van der Waals surface area contributed by atoms with Gasteiger partial charge in [-0.15, -0.1) is 0 Å². The van der Waals surface area contributed by atoms with E-state index in [1.807, 2.05) is 25.1 Å². The number of carbonyl (C=O) groups is 1. The maximum absolute atomic E-state index is 10.9.